The minimum absolute atomic E-state index is 0.272. The van der Waals surface area contributed by atoms with Gasteiger partial charge in [-0.3, -0.25) is 9.89 Å². The second kappa shape index (κ2) is 5.87. The summed E-state index contributed by atoms with van der Waals surface area (Å²) in [5, 5.41) is 0. The van der Waals surface area contributed by atoms with Crippen molar-refractivity contribution in [2.45, 2.75) is 46.1 Å². The molecule has 0 saturated heterocycles. The van der Waals surface area contributed by atoms with Gasteiger partial charge < -0.3 is 0 Å². The lowest BCUT2D eigenvalue weighted by molar-refractivity contribution is 0.644. The first-order valence-corrected chi connectivity index (χ1v) is 7.53. The quantitative estimate of drug-likeness (QED) is 0.680. The standard InChI is InChI=1S/C15H21BrN2/c1-4-5-13-7-6-11(2)10-14(16)18-9-8-12(3)17-15(13)18/h7-12H,4-6H2,1-3H3/b13-7+,14-10-. The van der Waals surface area contributed by atoms with E-state index in [9.17, 15) is 0 Å². The molecular weight excluding hydrogens is 288 g/mol. The molecule has 0 aromatic heterocycles. The molecule has 2 unspecified atom stereocenters. The van der Waals surface area contributed by atoms with Crippen molar-refractivity contribution >= 4 is 21.8 Å². The molecule has 2 rings (SSSR count). The number of amidine groups is 1. The summed E-state index contributed by atoms with van der Waals surface area (Å²) in [5.74, 6) is 1.67. The molecule has 0 bridgehead atoms. The Balaban J connectivity index is 2.40. The highest BCUT2D eigenvalue weighted by Crippen LogP contribution is 2.28. The fourth-order valence-electron chi connectivity index (χ4n) is 2.28. The number of hydrogen-bond acceptors (Lipinski definition) is 2. The molecule has 0 aromatic rings. The normalized spacial score (nSPS) is 33.6. The van der Waals surface area contributed by atoms with Crippen molar-refractivity contribution < 1.29 is 0 Å². The van der Waals surface area contributed by atoms with Gasteiger partial charge in [0, 0.05) is 6.20 Å². The van der Waals surface area contributed by atoms with Crippen LogP contribution in [0.5, 0.6) is 0 Å². The molecule has 0 fully saturated rings. The lowest BCUT2D eigenvalue weighted by Crippen LogP contribution is -2.30. The highest BCUT2D eigenvalue weighted by Gasteiger charge is 2.22. The molecule has 98 valence electrons. The fourth-order valence-corrected chi connectivity index (χ4v) is 3.01. The van der Waals surface area contributed by atoms with Crippen LogP contribution < -0.4 is 0 Å². The van der Waals surface area contributed by atoms with Crippen LogP contribution in [0.4, 0.5) is 0 Å². The maximum absolute atomic E-state index is 4.80. The third-order valence-corrected chi connectivity index (χ3v) is 3.91. The third kappa shape index (κ3) is 2.94. The van der Waals surface area contributed by atoms with Crippen LogP contribution in [0.1, 0.15) is 40.0 Å². The van der Waals surface area contributed by atoms with Gasteiger partial charge in [0.15, 0.2) is 0 Å². The zero-order chi connectivity index (χ0) is 13.1. The van der Waals surface area contributed by atoms with E-state index >= 15 is 0 Å². The van der Waals surface area contributed by atoms with Crippen LogP contribution in [-0.2, 0) is 0 Å². The second-order valence-electron chi connectivity index (χ2n) is 5.09. The van der Waals surface area contributed by atoms with E-state index in [4.69, 9.17) is 4.99 Å². The van der Waals surface area contributed by atoms with E-state index in [1.807, 2.05) is 0 Å². The summed E-state index contributed by atoms with van der Waals surface area (Å²) in [5.41, 5.74) is 1.38. The average Bonchev–Trinajstić information content (AvgIpc) is 2.33. The molecule has 0 spiro atoms. The molecule has 2 aliphatic rings. The van der Waals surface area contributed by atoms with Crippen LogP contribution in [-0.4, -0.2) is 16.8 Å². The monoisotopic (exact) mass is 308 g/mol. The molecule has 2 heterocycles. The fraction of sp³-hybridized carbons (Fsp3) is 0.533. The van der Waals surface area contributed by atoms with Crippen molar-refractivity contribution in [1.29, 1.82) is 0 Å². The molecule has 0 aliphatic carbocycles. The molecule has 0 amide bonds. The first kappa shape index (κ1) is 13.6. The van der Waals surface area contributed by atoms with Gasteiger partial charge >= 0.3 is 0 Å². The smallest absolute Gasteiger partial charge is 0.136 e. The van der Waals surface area contributed by atoms with Crippen molar-refractivity contribution in [1.82, 2.24) is 4.90 Å². The third-order valence-electron chi connectivity index (χ3n) is 3.26. The molecule has 0 radical (unpaired) electrons. The number of halogens is 1. The number of hydrogen-bond donors (Lipinski definition) is 0. The van der Waals surface area contributed by atoms with E-state index in [1.54, 1.807) is 0 Å². The summed E-state index contributed by atoms with van der Waals surface area (Å²) in [6.45, 7) is 6.60. The van der Waals surface area contributed by atoms with E-state index in [2.05, 4.69) is 66.0 Å². The Kier molecular flexibility index (Phi) is 4.44. The maximum atomic E-state index is 4.80. The van der Waals surface area contributed by atoms with Gasteiger partial charge in [-0.2, -0.15) is 0 Å². The average molecular weight is 309 g/mol. The minimum Gasteiger partial charge on any atom is -0.296 e. The maximum Gasteiger partial charge on any atom is 0.136 e. The Labute approximate surface area is 118 Å². The summed E-state index contributed by atoms with van der Waals surface area (Å²) < 4.78 is 1.11. The van der Waals surface area contributed by atoms with E-state index in [-0.39, 0.29) is 6.04 Å². The highest BCUT2D eigenvalue weighted by atomic mass is 79.9. The van der Waals surface area contributed by atoms with E-state index in [0.29, 0.717) is 5.92 Å². The minimum atomic E-state index is 0.272. The molecule has 0 saturated carbocycles. The van der Waals surface area contributed by atoms with Crippen LogP contribution >= 0.6 is 15.9 Å². The molecule has 18 heavy (non-hydrogen) atoms. The molecular formula is C15H21BrN2. The van der Waals surface area contributed by atoms with Gasteiger partial charge in [-0.25, -0.2) is 0 Å². The summed E-state index contributed by atoms with van der Waals surface area (Å²) in [7, 11) is 0. The SMILES string of the molecule is CCC/C1=C\CC(C)/C=C(/Br)N2C=CC(C)N=C12. The van der Waals surface area contributed by atoms with Gasteiger partial charge in [0.05, 0.1) is 10.6 Å². The Bertz CT molecular complexity index is 432. The van der Waals surface area contributed by atoms with Crippen molar-refractivity contribution in [3.63, 3.8) is 0 Å². The van der Waals surface area contributed by atoms with Crippen LogP contribution in [0.3, 0.4) is 0 Å². The zero-order valence-electron chi connectivity index (χ0n) is 11.4. The van der Waals surface area contributed by atoms with Gasteiger partial charge in [-0.15, -0.1) is 0 Å². The Morgan fingerprint density at radius 2 is 2.22 bits per heavy atom. The molecule has 3 heteroatoms. The number of allylic oxidation sites excluding steroid dienone is 2. The lowest BCUT2D eigenvalue weighted by Gasteiger charge is -2.30. The van der Waals surface area contributed by atoms with Gasteiger partial charge in [-0.1, -0.05) is 26.3 Å². The van der Waals surface area contributed by atoms with Gasteiger partial charge in [0.25, 0.3) is 0 Å². The Morgan fingerprint density at radius 3 is 2.94 bits per heavy atom. The van der Waals surface area contributed by atoms with Gasteiger partial charge in [0.2, 0.25) is 0 Å². The van der Waals surface area contributed by atoms with Crippen LogP contribution in [0.15, 0.2) is 39.6 Å². The van der Waals surface area contributed by atoms with Crippen LogP contribution in [0.2, 0.25) is 0 Å². The number of aliphatic imine (C=N–C) groups is 1. The molecule has 0 aromatic carbocycles. The summed E-state index contributed by atoms with van der Waals surface area (Å²) >= 11 is 3.68. The van der Waals surface area contributed by atoms with Crippen molar-refractivity contribution in [2.75, 3.05) is 0 Å². The predicted octanol–water partition coefficient (Wildman–Crippen LogP) is 4.61. The van der Waals surface area contributed by atoms with Crippen LogP contribution in [0, 0.1) is 5.92 Å². The second-order valence-corrected chi connectivity index (χ2v) is 5.90. The lowest BCUT2D eigenvalue weighted by atomic mass is 9.99. The number of rotatable bonds is 2. The largest absolute Gasteiger partial charge is 0.296 e. The van der Waals surface area contributed by atoms with E-state index in [0.717, 1.165) is 29.7 Å². The topological polar surface area (TPSA) is 15.6 Å². The predicted molar refractivity (Wildman–Crippen MR) is 81.7 cm³/mol. The molecule has 0 N–H and O–H groups in total. The number of fused-ring (bicyclic) bond motifs is 1. The van der Waals surface area contributed by atoms with Crippen LogP contribution in [0.25, 0.3) is 0 Å². The molecule has 2 aliphatic heterocycles. The highest BCUT2D eigenvalue weighted by molar-refractivity contribution is 9.11. The summed E-state index contributed by atoms with van der Waals surface area (Å²) in [4.78, 5) is 6.96. The summed E-state index contributed by atoms with van der Waals surface area (Å²) in [6.07, 6.45) is 12.2. The van der Waals surface area contributed by atoms with Crippen molar-refractivity contribution in [3.8, 4) is 0 Å². The van der Waals surface area contributed by atoms with E-state index in [1.165, 1.54) is 5.57 Å². The summed E-state index contributed by atoms with van der Waals surface area (Å²) in [6, 6.07) is 0.272. The first-order chi connectivity index (χ1) is 8.61. The van der Waals surface area contributed by atoms with Crippen molar-refractivity contribution in [3.05, 3.63) is 34.6 Å². The van der Waals surface area contributed by atoms with Crippen molar-refractivity contribution in [2.24, 2.45) is 10.9 Å². The van der Waals surface area contributed by atoms with Gasteiger partial charge in [0.1, 0.15) is 5.84 Å². The number of nitrogens with zero attached hydrogens (tertiary/aromatic N) is 2. The Morgan fingerprint density at radius 1 is 1.44 bits per heavy atom. The van der Waals surface area contributed by atoms with Gasteiger partial charge in [-0.05, 0) is 59.3 Å². The first-order valence-electron chi connectivity index (χ1n) is 6.74. The Hall–Kier alpha value is -0.830. The molecule has 2 atom stereocenters. The molecule has 2 nitrogen and oxygen atoms in total. The van der Waals surface area contributed by atoms with E-state index < -0.39 is 0 Å². The zero-order valence-corrected chi connectivity index (χ0v) is 12.9.